The first-order valence-electron chi connectivity index (χ1n) is 7.80. The van der Waals surface area contributed by atoms with Crippen LogP contribution in [0.4, 0.5) is 0 Å². The van der Waals surface area contributed by atoms with E-state index in [-0.39, 0.29) is 0 Å². The minimum atomic E-state index is 0.780. The van der Waals surface area contributed by atoms with Crippen LogP contribution in [-0.4, -0.2) is 13.6 Å². The third-order valence-corrected chi connectivity index (χ3v) is 2.60. The third-order valence-electron chi connectivity index (χ3n) is 2.60. The molecule has 0 amide bonds. The maximum Gasteiger partial charge on any atom is -0.00519 e. The second-order valence-electron chi connectivity index (χ2n) is 5.62. The van der Waals surface area contributed by atoms with Crippen LogP contribution in [0.25, 0.3) is 0 Å². The highest BCUT2D eigenvalue weighted by molar-refractivity contribution is 4.67. The van der Waals surface area contributed by atoms with Crippen LogP contribution >= 0.6 is 0 Å². The van der Waals surface area contributed by atoms with Gasteiger partial charge in [0.1, 0.15) is 0 Å². The SMILES string of the molecule is C=C.C=CCC(C)C.CNCCCCCCC(C)C. The van der Waals surface area contributed by atoms with Gasteiger partial charge in [-0.3, -0.25) is 0 Å². The van der Waals surface area contributed by atoms with E-state index < -0.39 is 0 Å². The van der Waals surface area contributed by atoms with Gasteiger partial charge in [0.2, 0.25) is 0 Å². The lowest BCUT2D eigenvalue weighted by molar-refractivity contribution is 0.517. The van der Waals surface area contributed by atoms with Crippen LogP contribution < -0.4 is 5.32 Å². The van der Waals surface area contributed by atoms with E-state index in [0.717, 1.165) is 18.3 Å². The summed E-state index contributed by atoms with van der Waals surface area (Å²) < 4.78 is 0. The molecule has 0 saturated heterocycles. The van der Waals surface area contributed by atoms with Gasteiger partial charge in [-0.15, -0.1) is 19.7 Å². The van der Waals surface area contributed by atoms with Crippen molar-refractivity contribution in [2.24, 2.45) is 11.8 Å². The van der Waals surface area contributed by atoms with Crippen LogP contribution in [0.2, 0.25) is 0 Å². The van der Waals surface area contributed by atoms with E-state index in [2.05, 4.69) is 52.7 Å². The Labute approximate surface area is 123 Å². The number of rotatable bonds is 9. The van der Waals surface area contributed by atoms with Crippen molar-refractivity contribution < 1.29 is 0 Å². The van der Waals surface area contributed by atoms with E-state index in [1.807, 2.05) is 13.1 Å². The molecule has 1 heteroatoms. The highest BCUT2D eigenvalue weighted by Gasteiger charge is 1.93. The Hall–Kier alpha value is -0.560. The largest absolute Gasteiger partial charge is 0.320 e. The molecule has 0 rings (SSSR count). The topological polar surface area (TPSA) is 12.0 Å². The van der Waals surface area contributed by atoms with Crippen molar-refractivity contribution >= 4 is 0 Å². The van der Waals surface area contributed by atoms with Gasteiger partial charge in [-0.2, -0.15) is 0 Å². The number of hydrogen-bond acceptors (Lipinski definition) is 1. The zero-order valence-corrected chi connectivity index (χ0v) is 14.3. The Balaban J connectivity index is -0.000000271. The summed E-state index contributed by atoms with van der Waals surface area (Å²) in [5, 5.41) is 3.17. The highest BCUT2D eigenvalue weighted by Crippen LogP contribution is 2.08. The molecule has 0 aliphatic carbocycles. The molecule has 0 spiro atoms. The van der Waals surface area contributed by atoms with Gasteiger partial charge in [-0.05, 0) is 38.3 Å². The Bertz CT molecular complexity index is 150. The predicted octanol–water partition coefficient (Wildman–Crippen LogP) is 5.83. The molecule has 0 aromatic heterocycles. The molecule has 1 nitrogen and oxygen atoms in total. The number of hydrogen-bond donors (Lipinski definition) is 1. The van der Waals surface area contributed by atoms with Crippen LogP contribution in [-0.2, 0) is 0 Å². The van der Waals surface area contributed by atoms with Crippen molar-refractivity contribution in [3.8, 4) is 0 Å². The summed E-state index contributed by atoms with van der Waals surface area (Å²) in [4.78, 5) is 0. The van der Waals surface area contributed by atoms with Gasteiger partial charge < -0.3 is 5.32 Å². The van der Waals surface area contributed by atoms with Crippen LogP contribution in [0.1, 0.15) is 66.2 Å². The molecule has 0 aliphatic rings. The number of allylic oxidation sites excluding steroid dienone is 1. The van der Waals surface area contributed by atoms with E-state index in [0.29, 0.717) is 0 Å². The maximum absolute atomic E-state index is 3.60. The summed E-state index contributed by atoms with van der Waals surface area (Å²) in [5.74, 6) is 1.67. The van der Waals surface area contributed by atoms with Crippen molar-refractivity contribution in [3.05, 3.63) is 25.8 Å². The molecule has 0 radical (unpaired) electrons. The van der Waals surface area contributed by atoms with Gasteiger partial charge in [0.05, 0.1) is 0 Å². The normalized spacial score (nSPS) is 9.42. The average molecular weight is 270 g/mol. The Kier molecular flexibility index (Phi) is 28.0. The van der Waals surface area contributed by atoms with Gasteiger partial charge >= 0.3 is 0 Å². The first-order chi connectivity index (χ1) is 9.04. The summed E-state index contributed by atoms with van der Waals surface area (Å²) in [6, 6.07) is 0. The highest BCUT2D eigenvalue weighted by atomic mass is 14.8. The van der Waals surface area contributed by atoms with Crippen LogP contribution in [0.5, 0.6) is 0 Å². The lowest BCUT2D eigenvalue weighted by Gasteiger charge is -2.03. The molecule has 0 saturated carbocycles. The summed E-state index contributed by atoms with van der Waals surface area (Å²) in [6.07, 6.45) is 10.1. The van der Waals surface area contributed by atoms with E-state index in [1.165, 1.54) is 38.6 Å². The Morgan fingerprint density at radius 1 is 0.895 bits per heavy atom. The fraction of sp³-hybridized carbons (Fsp3) is 0.778. The van der Waals surface area contributed by atoms with Gasteiger partial charge in [0.15, 0.2) is 0 Å². The van der Waals surface area contributed by atoms with E-state index in [4.69, 9.17) is 0 Å². The zero-order valence-electron chi connectivity index (χ0n) is 14.3. The van der Waals surface area contributed by atoms with E-state index in [9.17, 15) is 0 Å². The molecule has 1 N–H and O–H groups in total. The molecule has 0 aliphatic heterocycles. The lowest BCUT2D eigenvalue weighted by Crippen LogP contribution is -2.06. The molecule has 0 atom stereocenters. The summed E-state index contributed by atoms with van der Waals surface area (Å²) in [7, 11) is 2.02. The second-order valence-corrected chi connectivity index (χ2v) is 5.62. The fourth-order valence-corrected chi connectivity index (χ4v) is 1.54. The molecular weight excluding hydrogens is 230 g/mol. The predicted molar refractivity (Wildman–Crippen MR) is 92.8 cm³/mol. The maximum atomic E-state index is 3.60. The average Bonchev–Trinajstić information content (AvgIpc) is 2.36. The standard InChI is InChI=1S/C10H23N.C6H12.C2H4/c1-10(2)8-6-4-5-7-9-11-3;1-4-5-6(2)3;1-2/h10-11H,4-9H2,1-3H3;4,6H,1,5H2,2-3H3;1-2H2. The zero-order chi connectivity index (χ0) is 15.5. The van der Waals surface area contributed by atoms with Gasteiger partial charge in [-0.1, -0.05) is 59.5 Å². The molecule has 0 aromatic rings. The van der Waals surface area contributed by atoms with Gasteiger partial charge in [0, 0.05) is 0 Å². The Morgan fingerprint density at radius 3 is 1.74 bits per heavy atom. The van der Waals surface area contributed by atoms with Crippen LogP contribution in [0.3, 0.4) is 0 Å². The van der Waals surface area contributed by atoms with Crippen molar-refractivity contribution in [2.75, 3.05) is 13.6 Å². The minimum Gasteiger partial charge on any atom is -0.320 e. The van der Waals surface area contributed by atoms with Gasteiger partial charge in [-0.25, -0.2) is 0 Å². The quantitative estimate of drug-likeness (QED) is 0.410. The number of unbranched alkanes of at least 4 members (excludes halogenated alkanes) is 3. The van der Waals surface area contributed by atoms with Crippen molar-refractivity contribution in [1.82, 2.24) is 5.32 Å². The second kappa shape index (κ2) is 22.6. The molecule has 0 bridgehead atoms. The molecule has 19 heavy (non-hydrogen) atoms. The monoisotopic (exact) mass is 269 g/mol. The van der Waals surface area contributed by atoms with Crippen LogP contribution in [0, 0.1) is 11.8 Å². The summed E-state index contributed by atoms with van der Waals surface area (Å²) in [5.41, 5.74) is 0. The van der Waals surface area contributed by atoms with Crippen molar-refractivity contribution in [3.63, 3.8) is 0 Å². The molecule has 116 valence electrons. The fourth-order valence-electron chi connectivity index (χ4n) is 1.54. The molecule has 0 unspecified atom stereocenters. The third kappa shape index (κ3) is 38.1. The molecule has 0 heterocycles. The van der Waals surface area contributed by atoms with Crippen molar-refractivity contribution in [2.45, 2.75) is 66.2 Å². The lowest BCUT2D eigenvalue weighted by atomic mass is 10.0. The van der Waals surface area contributed by atoms with E-state index >= 15 is 0 Å². The van der Waals surface area contributed by atoms with Crippen molar-refractivity contribution in [1.29, 1.82) is 0 Å². The van der Waals surface area contributed by atoms with Gasteiger partial charge in [0.25, 0.3) is 0 Å². The first-order valence-corrected chi connectivity index (χ1v) is 7.80. The minimum absolute atomic E-state index is 0.780. The Morgan fingerprint density at radius 2 is 1.42 bits per heavy atom. The molecular formula is C18H39N. The first kappa shape index (κ1) is 23.5. The summed E-state index contributed by atoms with van der Waals surface area (Å²) in [6.45, 7) is 19.7. The van der Waals surface area contributed by atoms with Crippen LogP contribution in [0.15, 0.2) is 25.8 Å². The summed E-state index contributed by atoms with van der Waals surface area (Å²) >= 11 is 0. The molecule has 0 fully saturated rings. The van der Waals surface area contributed by atoms with E-state index in [1.54, 1.807) is 0 Å². The smallest absolute Gasteiger partial charge is 0.00519 e. The number of nitrogens with one attached hydrogen (secondary N) is 1. The molecule has 0 aromatic carbocycles.